The standard InChI is InChI=1S/C18H33N5/c1-19-18(20-10-14-21(2)16-7-3-4-8-16)23-13-9-17(15-23)22-11-5-6-12-22/h5-6,16-17H,3-4,7-15H2,1-2H3,(H,19,20). The lowest BCUT2D eigenvalue weighted by molar-refractivity contribution is 0.247. The molecule has 0 aromatic carbocycles. The minimum atomic E-state index is 0.685. The summed E-state index contributed by atoms with van der Waals surface area (Å²) in [6.45, 7) is 6.58. The Balaban J connectivity index is 1.39. The molecule has 3 rings (SSSR count). The van der Waals surface area contributed by atoms with Crippen LogP contribution in [0.15, 0.2) is 17.1 Å². The van der Waals surface area contributed by atoms with E-state index in [1.807, 2.05) is 7.05 Å². The molecule has 2 aliphatic heterocycles. The highest BCUT2D eigenvalue weighted by atomic mass is 15.3. The van der Waals surface area contributed by atoms with Crippen LogP contribution in [0.4, 0.5) is 0 Å². The van der Waals surface area contributed by atoms with Crippen molar-refractivity contribution in [2.45, 2.75) is 44.2 Å². The summed E-state index contributed by atoms with van der Waals surface area (Å²) >= 11 is 0. The SMILES string of the molecule is CN=C(NCCN(C)C1CCCC1)N1CCC(N2CC=CC2)C1. The van der Waals surface area contributed by atoms with E-state index in [1.54, 1.807) is 0 Å². The maximum atomic E-state index is 4.50. The number of guanidine groups is 1. The van der Waals surface area contributed by atoms with Crippen molar-refractivity contribution in [3.05, 3.63) is 12.2 Å². The third kappa shape index (κ3) is 4.27. The van der Waals surface area contributed by atoms with E-state index in [2.05, 4.69) is 44.2 Å². The Bertz CT molecular complexity index is 419. The topological polar surface area (TPSA) is 34.1 Å². The van der Waals surface area contributed by atoms with Crippen LogP contribution in [0.3, 0.4) is 0 Å². The van der Waals surface area contributed by atoms with Gasteiger partial charge in [-0.25, -0.2) is 0 Å². The molecule has 1 saturated carbocycles. The minimum absolute atomic E-state index is 0.685. The van der Waals surface area contributed by atoms with Gasteiger partial charge in [-0.05, 0) is 26.3 Å². The zero-order chi connectivity index (χ0) is 16.1. The fourth-order valence-electron chi connectivity index (χ4n) is 4.23. The number of hydrogen-bond donors (Lipinski definition) is 1. The molecule has 3 aliphatic rings. The number of nitrogens with one attached hydrogen (secondary N) is 1. The van der Waals surface area contributed by atoms with E-state index in [-0.39, 0.29) is 0 Å². The highest BCUT2D eigenvalue weighted by Crippen LogP contribution is 2.22. The number of nitrogens with zero attached hydrogens (tertiary/aromatic N) is 4. The predicted octanol–water partition coefficient (Wildman–Crippen LogP) is 1.38. The van der Waals surface area contributed by atoms with Crippen molar-refractivity contribution in [3.8, 4) is 0 Å². The molecule has 2 heterocycles. The van der Waals surface area contributed by atoms with Crippen LogP contribution in [-0.4, -0.2) is 86.1 Å². The highest BCUT2D eigenvalue weighted by molar-refractivity contribution is 5.80. The lowest BCUT2D eigenvalue weighted by atomic mass is 10.2. The molecule has 0 aromatic heterocycles. The summed E-state index contributed by atoms with van der Waals surface area (Å²) in [5.74, 6) is 1.08. The summed E-state index contributed by atoms with van der Waals surface area (Å²) in [4.78, 5) is 12.0. The van der Waals surface area contributed by atoms with E-state index in [9.17, 15) is 0 Å². The Hall–Kier alpha value is -1.07. The van der Waals surface area contributed by atoms with Gasteiger partial charge < -0.3 is 15.1 Å². The van der Waals surface area contributed by atoms with Gasteiger partial charge in [0.15, 0.2) is 5.96 Å². The van der Waals surface area contributed by atoms with Crippen LogP contribution in [-0.2, 0) is 0 Å². The molecule has 0 aromatic rings. The number of likely N-dealkylation sites (N-methyl/N-ethyl adjacent to an activating group) is 1. The number of hydrogen-bond acceptors (Lipinski definition) is 3. The Kier molecular flexibility index (Phi) is 5.95. The van der Waals surface area contributed by atoms with Crippen molar-refractivity contribution < 1.29 is 0 Å². The van der Waals surface area contributed by atoms with Gasteiger partial charge in [0.05, 0.1) is 0 Å². The van der Waals surface area contributed by atoms with Crippen molar-refractivity contribution in [2.75, 3.05) is 53.4 Å². The molecule has 0 amide bonds. The van der Waals surface area contributed by atoms with Crippen LogP contribution in [0.5, 0.6) is 0 Å². The molecule has 0 radical (unpaired) electrons. The largest absolute Gasteiger partial charge is 0.355 e. The summed E-state index contributed by atoms with van der Waals surface area (Å²) in [7, 11) is 4.18. The van der Waals surface area contributed by atoms with Gasteiger partial charge >= 0.3 is 0 Å². The van der Waals surface area contributed by atoms with Gasteiger partial charge in [0.2, 0.25) is 0 Å². The van der Waals surface area contributed by atoms with Crippen molar-refractivity contribution in [3.63, 3.8) is 0 Å². The first-order chi connectivity index (χ1) is 11.3. The highest BCUT2D eigenvalue weighted by Gasteiger charge is 2.29. The third-order valence-corrected chi connectivity index (χ3v) is 5.73. The zero-order valence-electron chi connectivity index (χ0n) is 14.9. The van der Waals surface area contributed by atoms with Crippen LogP contribution < -0.4 is 5.32 Å². The molecular weight excluding hydrogens is 286 g/mol. The molecule has 0 bridgehead atoms. The van der Waals surface area contributed by atoms with Gasteiger partial charge in [-0.1, -0.05) is 25.0 Å². The lowest BCUT2D eigenvalue weighted by Gasteiger charge is -2.27. The zero-order valence-corrected chi connectivity index (χ0v) is 14.9. The van der Waals surface area contributed by atoms with Crippen LogP contribution in [0.25, 0.3) is 0 Å². The van der Waals surface area contributed by atoms with Crippen LogP contribution >= 0.6 is 0 Å². The Morgan fingerprint density at radius 3 is 2.65 bits per heavy atom. The van der Waals surface area contributed by atoms with Gasteiger partial charge in [-0.3, -0.25) is 9.89 Å². The number of aliphatic imine (C=N–C) groups is 1. The second-order valence-electron chi connectivity index (χ2n) is 7.21. The fraction of sp³-hybridized carbons (Fsp3) is 0.833. The predicted molar refractivity (Wildman–Crippen MR) is 96.9 cm³/mol. The summed E-state index contributed by atoms with van der Waals surface area (Å²) in [6.07, 6.45) is 11.4. The van der Waals surface area contributed by atoms with Crippen molar-refractivity contribution >= 4 is 5.96 Å². The molecule has 130 valence electrons. The van der Waals surface area contributed by atoms with Crippen molar-refractivity contribution in [2.24, 2.45) is 4.99 Å². The Morgan fingerprint density at radius 2 is 1.96 bits per heavy atom. The third-order valence-electron chi connectivity index (χ3n) is 5.73. The number of likely N-dealkylation sites (tertiary alicyclic amines) is 1. The molecule has 1 saturated heterocycles. The van der Waals surface area contributed by atoms with E-state index < -0.39 is 0 Å². The van der Waals surface area contributed by atoms with Crippen LogP contribution in [0.1, 0.15) is 32.1 Å². The van der Waals surface area contributed by atoms with E-state index >= 15 is 0 Å². The first-order valence-electron chi connectivity index (χ1n) is 9.33. The van der Waals surface area contributed by atoms with E-state index in [4.69, 9.17) is 0 Å². The maximum absolute atomic E-state index is 4.50. The Morgan fingerprint density at radius 1 is 1.22 bits per heavy atom. The minimum Gasteiger partial charge on any atom is -0.355 e. The summed E-state index contributed by atoms with van der Waals surface area (Å²) in [6, 6.07) is 1.49. The second kappa shape index (κ2) is 8.15. The van der Waals surface area contributed by atoms with E-state index in [0.717, 1.165) is 51.3 Å². The smallest absolute Gasteiger partial charge is 0.193 e. The van der Waals surface area contributed by atoms with Gasteiger partial charge in [0, 0.05) is 58.4 Å². The molecule has 5 nitrogen and oxygen atoms in total. The van der Waals surface area contributed by atoms with Gasteiger partial charge in [-0.15, -0.1) is 0 Å². The monoisotopic (exact) mass is 319 g/mol. The normalized spacial score (nSPS) is 26.8. The Labute approximate surface area is 141 Å². The second-order valence-corrected chi connectivity index (χ2v) is 7.21. The molecule has 2 fully saturated rings. The van der Waals surface area contributed by atoms with Gasteiger partial charge in [0.1, 0.15) is 0 Å². The first-order valence-corrected chi connectivity index (χ1v) is 9.33. The lowest BCUT2D eigenvalue weighted by Crippen LogP contribution is -2.45. The molecule has 1 atom stereocenters. The average molecular weight is 319 g/mol. The molecule has 1 aliphatic carbocycles. The fourth-order valence-corrected chi connectivity index (χ4v) is 4.23. The van der Waals surface area contributed by atoms with Gasteiger partial charge in [0.25, 0.3) is 0 Å². The van der Waals surface area contributed by atoms with Crippen LogP contribution in [0.2, 0.25) is 0 Å². The van der Waals surface area contributed by atoms with Crippen molar-refractivity contribution in [1.82, 2.24) is 20.0 Å². The summed E-state index contributed by atoms with van der Waals surface area (Å²) in [5.41, 5.74) is 0. The quantitative estimate of drug-likeness (QED) is 0.472. The van der Waals surface area contributed by atoms with E-state index in [0.29, 0.717) is 6.04 Å². The molecule has 1 N–H and O–H groups in total. The molecular formula is C18H33N5. The molecule has 1 unspecified atom stereocenters. The maximum Gasteiger partial charge on any atom is 0.193 e. The summed E-state index contributed by atoms with van der Waals surface area (Å²) in [5, 5.41) is 3.58. The molecule has 5 heteroatoms. The molecule has 0 spiro atoms. The number of rotatable bonds is 5. The average Bonchev–Trinajstić information content (AvgIpc) is 3.33. The summed E-state index contributed by atoms with van der Waals surface area (Å²) < 4.78 is 0. The van der Waals surface area contributed by atoms with Gasteiger partial charge in [-0.2, -0.15) is 0 Å². The van der Waals surface area contributed by atoms with E-state index in [1.165, 1.54) is 32.1 Å². The van der Waals surface area contributed by atoms with Crippen molar-refractivity contribution in [1.29, 1.82) is 0 Å². The first kappa shape index (κ1) is 16.8. The van der Waals surface area contributed by atoms with Crippen LogP contribution in [0, 0.1) is 0 Å². The molecule has 23 heavy (non-hydrogen) atoms.